The summed E-state index contributed by atoms with van der Waals surface area (Å²) in [6, 6.07) is -7.96. The minimum Gasteiger partial charge on any atom is -0.477 e. The van der Waals surface area contributed by atoms with Gasteiger partial charge in [0, 0.05) is 47.0 Å². The lowest BCUT2D eigenvalue weighted by Crippen LogP contribution is -2.73. The number of carboxylic acids is 3. The van der Waals surface area contributed by atoms with Crippen LogP contribution in [0.15, 0.2) is 0 Å². The second kappa shape index (κ2) is 37.7. The molecule has 4 amide bonds. The van der Waals surface area contributed by atoms with E-state index < -0.39 is 339 Å². The lowest BCUT2D eigenvalue weighted by atomic mass is 9.87. The molecule has 622 valence electrons. The van der Waals surface area contributed by atoms with Gasteiger partial charge in [-0.15, -0.1) is 0 Å². The quantitative estimate of drug-likeness (QED) is 0.0297. The van der Waals surface area contributed by atoms with E-state index in [0.717, 1.165) is 27.7 Å². The van der Waals surface area contributed by atoms with Crippen molar-refractivity contribution in [3.05, 3.63) is 0 Å². The number of carboxylic acid groups (broad SMARTS) is 3. The molecule has 108 heavy (non-hydrogen) atoms. The smallest absolute Gasteiger partial charge is 0.364 e. The van der Waals surface area contributed by atoms with Gasteiger partial charge in [-0.25, -0.2) is 14.4 Å². The van der Waals surface area contributed by atoms with Crippen molar-refractivity contribution in [3.8, 4) is 0 Å². The summed E-state index contributed by atoms with van der Waals surface area (Å²) in [5, 5.41) is 285. The zero-order valence-electron chi connectivity index (χ0n) is 57.6. The monoisotopic (exact) mass is 1580 g/mol. The second-order valence-electron chi connectivity index (χ2n) is 26.8. The minimum atomic E-state index is -3.61. The molecule has 0 spiro atoms. The fraction of sp³-hybridized carbons (Fsp3) is 0.881. The standard InChI is InChI=1S/C59H96N4O45/c1-15(71)60-29-19(75)5-57(54(90)91,104-45(29)33(80)22(78)8-64)103-26(12-68)37(84)47-31(62-17(3)73)21(77)6-58(106-47,55(92)93)107-48-36(83)25(11-67)98-52(40(48)87)102-44-32(63-18(4)74)51(97-24(10-66)35(44)82)101-43-28(14-70)99-53(100-42-27(13-69)96-50(89)39(86)38(42)85)41(88)49(43)108-59(56(94)95)7-20(76)30(61-16(2)72)46(105-59)34(81)23(79)9-65/h19-53,64-70,75-89H,5-14H2,1-4H3,(H,60,71)(H,61,72)(H,62,73)(H,63,74)(H,90,91)(H,92,93)(H,94,95)/t19-,20-,21-,22+,23+,24+,25+,26+,27+,28+,29+,30+,31+,32+,33+,34+,35-,36-,37+,38+,39+,40+,41+,42+,43-,44+,45+,46+,47+,48-,49+,50?,51-,52-,53-,57+,58-,59-/m0/s1. The zero-order valence-corrected chi connectivity index (χ0v) is 57.6. The van der Waals surface area contributed by atoms with Crippen LogP contribution in [-0.4, -0.2) is 447 Å². The largest absolute Gasteiger partial charge is 0.477 e. The molecule has 38 atom stereocenters. The number of aliphatic hydroxyl groups excluding tert-OH is 22. The molecule has 7 fully saturated rings. The zero-order chi connectivity index (χ0) is 80.8. The van der Waals surface area contributed by atoms with Crippen LogP contribution in [0.2, 0.25) is 0 Å². The Hall–Kier alpha value is -5.11. The highest BCUT2D eigenvalue weighted by Crippen LogP contribution is 2.44. The highest BCUT2D eigenvalue weighted by atomic mass is 16.8. The number of ether oxygens (including phenoxy) is 13. The summed E-state index contributed by atoms with van der Waals surface area (Å²) in [4.78, 5) is 91.4. The van der Waals surface area contributed by atoms with Crippen molar-refractivity contribution in [2.45, 2.75) is 278 Å². The fourth-order valence-electron chi connectivity index (χ4n) is 13.7. The number of hydrogen-bond donors (Lipinski definition) is 29. The average molecular weight is 1580 g/mol. The van der Waals surface area contributed by atoms with Crippen LogP contribution in [0.3, 0.4) is 0 Å². The van der Waals surface area contributed by atoms with Gasteiger partial charge in [0.2, 0.25) is 23.6 Å². The molecule has 0 aromatic carbocycles. The van der Waals surface area contributed by atoms with E-state index in [2.05, 4.69) is 21.3 Å². The number of nitrogens with one attached hydrogen (secondary N) is 4. The van der Waals surface area contributed by atoms with E-state index in [9.17, 15) is 161 Å². The first-order chi connectivity index (χ1) is 50.6. The molecule has 1 unspecified atom stereocenters. The van der Waals surface area contributed by atoms with Crippen LogP contribution in [0.4, 0.5) is 0 Å². The molecular formula is C59H96N4O45. The Morgan fingerprint density at radius 3 is 1.13 bits per heavy atom. The summed E-state index contributed by atoms with van der Waals surface area (Å²) in [5.74, 6) is -21.4. The van der Waals surface area contributed by atoms with Crippen LogP contribution >= 0.6 is 0 Å². The summed E-state index contributed by atoms with van der Waals surface area (Å²) >= 11 is 0. The topological polar surface area (TPSA) is 793 Å². The highest BCUT2D eigenvalue weighted by Gasteiger charge is 2.66. The van der Waals surface area contributed by atoms with Gasteiger partial charge in [-0.3, -0.25) is 19.2 Å². The van der Waals surface area contributed by atoms with Crippen molar-refractivity contribution in [1.82, 2.24) is 21.3 Å². The third-order valence-electron chi connectivity index (χ3n) is 19.1. The molecule has 0 aromatic heterocycles. The van der Waals surface area contributed by atoms with Gasteiger partial charge >= 0.3 is 17.9 Å². The molecule has 7 rings (SSSR count). The van der Waals surface area contributed by atoms with E-state index in [-0.39, 0.29) is 0 Å². The molecule has 0 bridgehead atoms. The highest BCUT2D eigenvalue weighted by molar-refractivity contribution is 5.78. The van der Waals surface area contributed by atoms with Crippen molar-refractivity contribution < 1.29 is 223 Å². The van der Waals surface area contributed by atoms with Gasteiger partial charge in [0.15, 0.2) is 25.2 Å². The van der Waals surface area contributed by atoms with E-state index in [1.54, 1.807) is 0 Å². The molecule has 49 heteroatoms. The van der Waals surface area contributed by atoms with E-state index in [0.29, 0.717) is 0 Å². The summed E-state index contributed by atoms with van der Waals surface area (Å²) in [5.41, 5.74) is 0. The van der Waals surface area contributed by atoms with Crippen molar-refractivity contribution in [2.75, 3.05) is 46.2 Å². The Bertz CT molecular complexity index is 3010. The number of aliphatic carboxylic acids is 3. The Kier molecular flexibility index (Phi) is 31.4. The molecule has 29 N–H and O–H groups in total. The number of amides is 4. The van der Waals surface area contributed by atoms with Crippen molar-refractivity contribution in [3.63, 3.8) is 0 Å². The molecule has 0 radical (unpaired) electrons. The number of hydrogen-bond acceptors (Lipinski definition) is 42. The first kappa shape index (κ1) is 90.1. The normalized spacial score (nSPS) is 43.4. The van der Waals surface area contributed by atoms with Gasteiger partial charge in [0.1, 0.15) is 153 Å². The van der Waals surface area contributed by atoms with Crippen LogP contribution in [0, 0.1) is 0 Å². The van der Waals surface area contributed by atoms with Crippen molar-refractivity contribution >= 4 is 41.5 Å². The number of aliphatic hydroxyl groups is 22. The molecule has 7 saturated heterocycles. The molecule has 7 aliphatic heterocycles. The van der Waals surface area contributed by atoms with Gasteiger partial charge in [-0.2, -0.15) is 0 Å². The van der Waals surface area contributed by atoms with Gasteiger partial charge in [-0.1, -0.05) is 0 Å². The van der Waals surface area contributed by atoms with E-state index in [4.69, 9.17) is 61.6 Å². The lowest BCUT2D eigenvalue weighted by Gasteiger charge is -2.53. The molecule has 7 heterocycles. The summed E-state index contributed by atoms with van der Waals surface area (Å²) < 4.78 is 75.6. The Labute approximate surface area is 609 Å². The molecule has 0 aliphatic carbocycles. The van der Waals surface area contributed by atoms with E-state index in [1.165, 1.54) is 0 Å². The average Bonchev–Trinajstić information content (AvgIpc) is 0.747. The Balaban J connectivity index is 1.26. The maximum absolute atomic E-state index is 13.8. The van der Waals surface area contributed by atoms with Gasteiger partial charge in [-0.05, 0) is 0 Å². The third kappa shape index (κ3) is 19.4. The van der Waals surface area contributed by atoms with Gasteiger partial charge in [0.05, 0.1) is 82.7 Å². The fourth-order valence-corrected chi connectivity index (χ4v) is 13.7. The first-order valence-corrected chi connectivity index (χ1v) is 33.5. The predicted molar refractivity (Wildman–Crippen MR) is 330 cm³/mol. The first-order valence-electron chi connectivity index (χ1n) is 33.5. The van der Waals surface area contributed by atoms with Gasteiger partial charge < -0.3 is 211 Å². The summed E-state index contributed by atoms with van der Waals surface area (Å²) in [7, 11) is 0. The second-order valence-corrected chi connectivity index (χ2v) is 26.8. The Morgan fingerprint density at radius 2 is 0.722 bits per heavy atom. The Morgan fingerprint density at radius 1 is 0.380 bits per heavy atom. The maximum Gasteiger partial charge on any atom is 0.364 e. The van der Waals surface area contributed by atoms with Crippen LogP contribution < -0.4 is 21.3 Å². The molecular weight excluding hydrogens is 1480 g/mol. The molecule has 49 nitrogen and oxygen atoms in total. The van der Waals surface area contributed by atoms with Crippen molar-refractivity contribution in [1.29, 1.82) is 0 Å². The van der Waals surface area contributed by atoms with Crippen molar-refractivity contribution in [2.24, 2.45) is 0 Å². The lowest BCUT2D eigenvalue weighted by molar-refractivity contribution is -0.404. The number of carbonyl (C=O) groups excluding carboxylic acids is 4. The predicted octanol–water partition coefficient (Wildman–Crippen LogP) is -18.1. The summed E-state index contributed by atoms with van der Waals surface area (Å²) in [6.45, 7) is -5.80. The van der Waals surface area contributed by atoms with Crippen LogP contribution in [-0.2, 0) is 95.1 Å². The minimum absolute atomic E-state index is 0.814. The van der Waals surface area contributed by atoms with Crippen LogP contribution in [0.5, 0.6) is 0 Å². The number of rotatable bonds is 32. The van der Waals surface area contributed by atoms with Crippen LogP contribution in [0.25, 0.3) is 0 Å². The third-order valence-corrected chi connectivity index (χ3v) is 19.1. The SMILES string of the molecule is CC(=O)N[C@H]1[C@H](O[C@@H]2[C@H](O[C@]3(C(=O)O)C[C@H](O)[C@@H](NC(C)=O)[C@H]([C@H](O)[C@H](O)CO)O3)[C@@H](O)[C@H](O[C@H]3[C@H](O)[C@@H](O)C(O)O[C@@H]3CO)O[C@@H]2CO)O[C@H](CO)[C@H](O)[C@@H]1O[C@@H]1O[C@H](CO)[C@H](O)[C@H](O[C@]2(C(=O)O)C[C@H](O)[C@@H](NC(C)=O)[C@H]([C@H](O)[C@@H](CO)O[C@]3(C(=O)O)C[C@H](O)[C@@H](NC(C)=O)[C@H]([C@H](O)[C@H](O)CO)O3)O2)[C@H]1O. The maximum atomic E-state index is 13.8. The van der Waals surface area contributed by atoms with Crippen LogP contribution in [0.1, 0.15) is 47.0 Å². The molecule has 7 aliphatic rings. The van der Waals surface area contributed by atoms with E-state index in [1.807, 2.05) is 0 Å². The molecule has 0 saturated carbocycles. The van der Waals surface area contributed by atoms with E-state index >= 15 is 0 Å². The summed E-state index contributed by atoms with van der Waals surface area (Å²) in [6.07, 6.45) is -77.3. The number of carbonyl (C=O) groups is 7. The molecule has 0 aromatic rings. The van der Waals surface area contributed by atoms with Gasteiger partial charge in [0.25, 0.3) is 17.4 Å².